The second-order valence-corrected chi connectivity index (χ2v) is 5.04. The molecule has 0 spiro atoms. The van der Waals surface area contributed by atoms with Gasteiger partial charge >= 0.3 is 0 Å². The van der Waals surface area contributed by atoms with Crippen molar-refractivity contribution in [3.8, 4) is 0 Å². The van der Waals surface area contributed by atoms with Crippen molar-refractivity contribution in [2.24, 2.45) is 0 Å². The van der Waals surface area contributed by atoms with E-state index in [1.54, 1.807) is 12.1 Å². The van der Waals surface area contributed by atoms with Crippen LogP contribution in [-0.4, -0.2) is 9.91 Å². The zero-order valence-electron chi connectivity index (χ0n) is 9.94. The second kappa shape index (κ2) is 6.26. The number of non-ortho nitro benzene ring substituents is 1. The summed E-state index contributed by atoms with van der Waals surface area (Å²) < 4.78 is 0. The van der Waals surface area contributed by atoms with Crippen molar-refractivity contribution in [1.29, 1.82) is 0 Å². The van der Waals surface area contributed by atoms with E-state index in [2.05, 4.69) is 10.3 Å². The molecule has 1 N–H and O–H groups in total. The molecule has 0 radical (unpaired) electrons. The SMILES string of the molecule is O=[N+]([O-])c1cccc(CNc2nc(Cl)c(Cl)cc2Cl)c1. The van der Waals surface area contributed by atoms with Crippen molar-refractivity contribution < 1.29 is 4.92 Å². The molecule has 0 atom stereocenters. The molecule has 0 unspecified atom stereocenters. The van der Waals surface area contributed by atoms with Crippen LogP contribution in [0, 0.1) is 10.1 Å². The van der Waals surface area contributed by atoms with E-state index in [0.29, 0.717) is 17.4 Å². The van der Waals surface area contributed by atoms with Gasteiger partial charge in [-0.2, -0.15) is 0 Å². The molecule has 104 valence electrons. The summed E-state index contributed by atoms with van der Waals surface area (Å²) in [5, 5.41) is 14.4. The van der Waals surface area contributed by atoms with Gasteiger partial charge in [0.1, 0.15) is 11.0 Å². The predicted octanol–water partition coefficient (Wildman–Crippen LogP) is 4.56. The van der Waals surface area contributed by atoms with Crippen LogP contribution in [0.15, 0.2) is 30.3 Å². The number of aromatic nitrogens is 1. The molecule has 0 bridgehead atoms. The van der Waals surface area contributed by atoms with Gasteiger partial charge in [-0.25, -0.2) is 4.98 Å². The van der Waals surface area contributed by atoms with Crippen molar-refractivity contribution in [2.45, 2.75) is 6.54 Å². The summed E-state index contributed by atoms with van der Waals surface area (Å²) in [4.78, 5) is 14.2. The van der Waals surface area contributed by atoms with Crippen LogP contribution < -0.4 is 5.32 Å². The minimum atomic E-state index is -0.451. The molecule has 0 aliphatic rings. The van der Waals surface area contributed by atoms with Crippen LogP contribution in [0.25, 0.3) is 0 Å². The van der Waals surface area contributed by atoms with Crippen LogP contribution in [0.4, 0.5) is 11.5 Å². The van der Waals surface area contributed by atoms with E-state index in [1.807, 2.05) is 0 Å². The third-order valence-corrected chi connectivity index (χ3v) is 3.43. The topological polar surface area (TPSA) is 68.1 Å². The van der Waals surface area contributed by atoms with Gasteiger partial charge < -0.3 is 5.32 Å². The molecule has 20 heavy (non-hydrogen) atoms. The lowest BCUT2D eigenvalue weighted by Crippen LogP contribution is -2.03. The van der Waals surface area contributed by atoms with Crippen LogP contribution >= 0.6 is 34.8 Å². The van der Waals surface area contributed by atoms with Crippen molar-refractivity contribution >= 4 is 46.3 Å². The number of anilines is 1. The summed E-state index contributed by atoms with van der Waals surface area (Å²) in [6.45, 7) is 0.326. The normalized spacial score (nSPS) is 10.3. The van der Waals surface area contributed by atoms with Crippen molar-refractivity contribution in [3.63, 3.8) is 0 Å². The Morgan fingerprint density at radius 3 is 2.65 bits per heavy atom. The van der Waals surface area contributed by atoms with E-state index >= 15 is 0 Å². The highest BCUT2D eigenvalue weighted by molar-refractivity contribution is 6.42. The molecule has 2 rings (SSSR count). The molecule has 0 saturated heterocycles. The Balaban J connectivity index is 2.15. The maximum absolute atomic E-state index is 10.7. The lowest BCUT2D eigenvalue weighted by Gasteiger charge is -2.08. The number of halogens is 3. The first-order chi connectivity index (χ1) is 9.47. The maximum Gasteiger partial charge on any atom is 0.269 e. The Hall–Kier alpha value is -1.56. The predicted molar refractivity (Wildman–Crippen MR) is 79.7 cm³/mol. The van der Waals surface area contributed by atoms with Crippen LogP contribution in [0.1, 0.15) is 5.56 Å². The van der Waals surface area contributed by atoms with E-state index in [-0.39, 0.29) is 15.9 Å². The molecule has 0 fully saturated rings. The van der Waals surface area contributed by atoms with E-state index < -0.39 is 4.92 Å². The van der Waals surface area contributed by atoms with Gasteiger partial charge in [0.2, 0.25) is 0 Å². The third-order valence-electron chi connectivity index (χ3n) is 2.47. The van der Waals surface area contributed by atoms with Gasteiger partial charge in [-0.05, 0) is 11.6 Å². The number of nitrogens with one attached hydrogen (secondary N) is 1. The van der Waals surface area contributed by atoms with Gasteiger partial charge in [0, 0.05) is 18.7 Å². The number of nitrogens with zero attached hydrogens (tertiary/aromatic N) is 2. The van der Waals surface area contributed by atoms with E-state index in [1.165, 1.54) is 18.2 Å². The fourth-order valence-electron chi connectivity index (χ4n) is 1.53. The number of pyridine rings is 1. The van der Waals surface area contributed by atoms with Crippen LogP contribution in [-0.2, 0) is 6.54 Å². The highest BCUT2D eigenvalue weighted by atomic mass is 35.5. The first kappa shape index (κ1) is 14.8. The molecular weight excluding hydrogens is 325 g/mol. The largest absolute Gasteiger partial charge is 0.365 e. The number of benzene rings is 1. The number of nitro groups is 1. The number of hydrogen-bond acceptors (Lipinski definition) is 4. The van der Waals surface area contributed by atoms with Crippen LogP contribution in [0.5, 0.6) is 0 Å². The van der Waals surface area contributed by atoms with Crippen LogP contribution in [0.2, 0.25) is 15.2 Å². The zero-order valence-corrected chi connectivity index (χ0v) is 12.2. The smallest absolute Gasteiger partial charge is 0.269 e. The molecule has 1 aromatic heterocycles. The maximum atomic E-state index is 10.7. The summed E-state index contributed by atoms with van der Waals surface area (Å²) in [6.07, 6.45) is 0. The minimum Gasteiger partial charge on any atom is -0.365 e. The van der Waals surface area contributed by atoms with Crippen molar-refractivity contribution in [2.75, 3.05) is 5.32 Å². The van der Waals surface area contributed by atoms with Gasteiger partial charge in [0.25, 0.3) is 5.69 Å². The van der Waals surface area contributed by atoms with Gasteiger partial charge in [0.15, 0.2) is 0 Å². The molecular formula is C12H8Cl3N3O2. The Morgan fingerprint density at radius 1 is 1.20 bits per heavy atom. The van der Waals surface area contributed by atoms with E-state index in [4.69, 9.17) is 34.8 Å². The highest BCUT2D eigenvalue weighted by Crippen LogP contribution is 2.29. The summed E-state index contributed by atoms with van der Waals surface area (Å²) in [6, 6.07) is 7.74. The third kappa shape index (κ3) is 3.50. The Labute approximate surface area is 129 Å². The Bertz CT molecular complexity index is 664. The fraction of sp³-hybridized carbons (Fsp3) is 0.0833. The van der Waals surface area contributed by atoms with E-state index in [0.717, 1.165) is 5.56 Å². The second-order valence-electron chi connectivity index (χ2n) is 3.87. The monoisotopic (exact) mass is 331 g/mol. The van der Waals surface area contributed by atoms with Gasteiger partial charge in [0.05, 0.1) is 15.0 Å². The summed E-state index contributed by atoms with van der Waals surface area (Å²) in [5.74, 6) is 0.368. The number of nitro benzene ring substituents is 1. The number of rotatable bonds is 4. The molecule has 0 amide bonds. The first-order valence-corrected chi connectivity index (χ1v) is 6.59. The number of hydrogen-bond donors (Lipinski definition) is 1. The Morgan fingerprint density at radius 2 is 1.95 bits per heavy atom. The molecule has 0 saturated carbocycles. The van der Waals surface area contributed by atoms with Crippen molar-refractivity contribution in [3.05, 3.63) is 61.2 Å². The lowest BCUT2D eigenvalue weighted by molar-refractivity contribution is -0.384. The lowest BCUT2D eigenvalue weighted by atomic mass is 10.2. The minimum absolute atomic E-state index is 0.0255. The van der Waals surface area contributed by atoms with Gasteiger partial charge in [-0.15, -0.1) is 0 Å². The fourth-order valence-corrected chi connectivity index (χ4v) is 2.10. The molecule has 1 heterocycles. The molecule has 0 aliphatic heterocycles. The highest BCUT2D eigenvalue weighted by Gasteiger charge is 2.09. The average molecular weight is 333 g/mol. The molecule has 2 aromatic rings. The average Bonchev–Trinajstić information content (AvgIpc) is 2.41. The van der Waals surface area contributed by atoms with Gasteiger partial charge in [-0.3, -0.25) is 10.1 Å². The molecule has 8 heteroatoms. The molecule has 5 nitrogen and oxygen atoms in total. The van der Waals surface area contributed by atoms with Crippen molar-refractivity contribution in [1.82, 2.24) is 4.98 Å². The quantitative estimate of drug-likeness (QED) is 0.506. The zero-order chi connectivity index (χ0) is 14.7. The first-order valence-electron chi connectivity index (χ1n) is 5.46. The summed E-state index contributed by atoms with van der Waals surface area (Å²) >= 11 is 17.6. The van der Waals surface area contributed by atoms with E-state index in [9.17, 15) is 10.1 Å². The molecule has 1 aromatic carbocycles. The summed E-state index contributed by atoms with van der Waals surface area (Å²) in [5.41, 5.74) is 0.751. The summed E-state index contributed by atoms with van der Waals surface area (Å²) in [7, 11) is 0. The van der Waals surface area contributed by atoms with Gasteiger partial charge in [-0.1, -0.05) is 46.9 Å². The Kier molecular flexibility index (Phi) is 4.65. The molecule has 0 aliphatic carbocycles. The standard InChI is InChI=1S/C12H8Cl3N3O2/c13-9-5-10(14)12(17-11(9)15)16-6-7-2-1-3-8(4-7)18(19)20/h1-5H,6H2,(H,16,17). The van der Waals surface area contributed by atoms with Crippen LogP contribution in [0.3, 0.4) is 0 Å².